The summed E-state index contributed by atoms with van der Waals surface area (Å²) in [6.07, 6.45) is -1.44. The van der Waals surface area contributed by atoms with Gasteiger partial charge in [0.2, 0.25) is 0 Å². The first-order valence-corrected chi connectivity index (χ1v) is 9.07. The summed E-state index contributed by atoms with van der Waals surface area (Å²) >= 11 is -1.51. The van der Waals surface area contributed by atoms with E-state index in [-0.39, 0.29) is 11.5 Å². The molecule has 1 aromatic heterocycles. The summed E-state index contributed by atoms with van der Waals surface area (Å²) in [4.78, 5) is 7.24. The first-order valence-electron chi connectivity index (χ1n) is 7.75. The Kier molecular flexibility index (Phi) is 6.55. The number of alkyl halides is 3. The van der Waals surface area contributed by atoms with E-state index >= 15 is 0 Å². The number of hydrogen-bond donors (Lipinski definition) is 1. The summed E-state index contributed by atoms with van der Waals surface area (Å²) in [6, 6.07) is 7.27. The van der Waals surface area contributed by atoms with Crippen molar-refractivity contribution in [3.05, 3.63) is 59.9 Å². The average Bonchev–Trinajstić information content (AvgIpc) is 3.01. The van der Waals surface area contributed by atoms with Crippen LogP contribution in [-0.2, 0) is 15.9 Å². The van der Waals surface area contributed by atoms with Crippen LogP contribution in [0.3, 0.4) is 0 Å². The van der Waals surface area contributed by atoms with Crippen molar-refractivity contribution in [1.82, 2.24) is 9.97 Å². The molecule has 0 unspecified atom stereocenters. The van der Waals surface area contributed by atoms with Crippen LogP contribution < -0.4 is 0 Å². The number of aromatic amines is 1. The molecule has 2 aromatic rings. The number of halogens is 3. The molecule has 0 bridgehead atoms. The molecule has 1 N–H and O–H groups in total. The van der Waals surface area contributed by atoms with Crippen LogP contribution in [-0.4, -0.2) is 33.1 Å². The van der Waals surface area contributed by atoms with Gasteiger partial charge in [-0.1, -0.05) is 24.8 Å². The van der Waals surface area contributed by atoms with Crippen molar-refractivity contribution in [1.29, 1.82) is 0 Å². The van der Waals surface area contributed by atoms with Crippen LogP contribution in [0.4, 0.5) is 13.2 Å². The highest BCUT2D eigenvalue weighted by molar-refractivity contribution is 7.91. The van der Waals surface area contributed by atoms with Gasteiger partial charge < -0.3 is 9.29 Å². The Morgan fingerprint density at radius 3 is 2.69 bits per heavy atom. The average molecular weight is 384 g/mol. The smallest absolute Gasteiger partial charge is 0.422 e. The molecule has 0 aliphatic rings. The molecule has 0 spiro atoms. The largest absolute Gasteiger partial charge is 0.609 e. The van der Waals surface area contributed by atoms with Gasteiger partial charge in [0.25, 0.3) is 0 Å². The number of aromatic nitrogens is 2. The first kappa shape index (κ1) is 20.1. The Hall–Kier alpha value is -2.19. The molecule has 1 heterocycles. The molecule has 4 nitrogen and oxygen atoms in total. The van der Waals surface area contributed by atoms with Crippen molar-refractivity contribution >= 4 is 22.2 Å². The Bertz CT molecular complexity index is 807. The quantitative estimate of drug-likeness (QED) is 0.429. The third-order valence-corrected chi connectivity index (χ3v) is 4.73. The fraction of sp³-hybridized carbons (Fsp3) is 0.278. The van der Waals surface area contributed by atoms with Crippen LogP contribution in [0.5, 0.6) is 0 Å². The second-order valence-electron chi connectivity index (χ2n) is 5.55. The van der Waals surface area contributed by atoms with Crippen molar-refractivity contribution in [2.45, 2.75) is 25.2 Å². The molecule has 140 valence electrons. The SMILES string of the molecule is C=C(C[S@+]([O-])c1nc2ccccc2[nH]1)/C(C)=C(\C=C/C)OCC(F)(F)F. The summed E-state index contributed by atoms with van der Waals surface area (Å²) in [6.45, 7) is 5.69. The maximum atomic E-state index is 12.5. The van der Waals surface area contributed by atoms with Gasteiger partial charge in [-0.15, -0.1) is 0 Å². The zero-order valence-electron chi connectivity index (χ0n) is 14.4. The van der Waals surface area contributed by atoms with Crippen LogP contribution >= 0.6 is 0 Å². The topological polar surface area (TPSA) is 61.0 Å². The zero-order chi connectivity index (χ0) is 19.3. The van der Waals surface area contributed by atoms with Gasteiger partial charge in [0, 0.05) is 16.7 Å². The van der Waals surface area contributed by atoms with E-state index < -0.39 is 24.0 Å². The third kappa shape index (κ3) is 5.40. The molecule has 8 heteroatoms. The minimum Gasteiger partial charge on any atom is -0.609 e. The number of allylic oxidation sites excluding steroid dienone is 3. The second-order valence-corrected chi connectivity index (χ2v) is 6.91. The molecule has 0 fully saturated rings. The van der Waals surface area contributed by atoms with Crippen LogP contribution in [0.25, 0.3) is 11.0 Å². The lowest BCUT2D eigenvalue weighted by molar-refractivity contribution is -0.163. The second kappa shape index (κ2) is 8.46. The van der Waals surface area contributed by atoms with E-state index in [1.165, 1.54) is 6.08 Å². The van der Waals surface area contributed by atoms with Crippen LogP contribution in [0, 0.1) is 0 Å². The van der Waals surface area contributed by atoms with Crippen molar-refractivity contribution in [2.75, 3.05) is 12.4 Å². The number of H-pyrrole nitrogens is 1. The van der Waals surface area contributed by atoms with Gasteiger partial charge in [0.05, 0.1) is 11.0 Å². The van der Waals surface area contributed by atoms with E-state index in [1.54, 1.807) is 26.0 Å². The molecule has 0 aliphatic carbocycles. The Morgan fingerprint density at radius 2 is 2.08 bits per heavy atom. The molecular weight excluding hydrogens is 365 g/mol. The molecular formula is C18H19F3N2O2S. The number of para-hydroxylation sites is 2. The van der Waals surface area contributed by atoms with Gasteiger partial charge in [0.1, 0.15) is 11.5 Å². The van der Waals surface area contributed by atoms with E-state index in [9.17, 15) is 17.7 Å². The number of nitrogens with one attached hydrogen (secondary N) is 1. The fourth-order valence-electron chi connectivity index (χ4n) is 2.14. The summed E-state index contributed by atoms with van der Waals surface area (Å²) in [5.74, 6) is 0.0821. The van der Waals surface area contributed by atoms with Gasteiger partial charge in [0.15, 0.2) is 6.61 Å². The normalized spacial score (nSPS) is 14.5. The lowest BCUT2D eigenvalue weighted by atomic mass is 10.1. The van der Waals surface area contributed by atoms with Gasteiger partial charge >= 0.3 is 11.3 Å². The number of fused-ring (bicyclic) bond motifs is 1. The minimum absolute atomic E-state index is 0.0298. The molecule has 0 aliphatic heterocycles. The van der Waals surface area contributed by atoms with Crippen LogP contribution in [0.15, 0.2) is 65.1 Å². The molecule has 1 aromatic carbocycles. The van der Waals surface area contributed by atoms with E-state index in [0.29, 0.717) is 21.8 Å². The maximum Gasteiger partial charge on any atom is 0.422 e. The number of benzene rings is 1. The van der Waals surface area contributed by atoms with E-state index in [4.69, 9.17) is 4.74 Å². The summed E-state index contributed by atoms with van der Waals surface area (Å²) in [7, 11) is 0. The Labute approximate surface area is 152 Å². The van der Waals surface area contributed by atoms with Gasteiger partial charge in [-0.2, -0.15) is 18.2 Å². The van der Waals surface area contributed by atoms with Crippen molar-refractivity contribution < 1.29 is 22.5 Å². The van der Waals surface area contributed by atoms with Gasteiger partial charge in [-0.25, -0.2) is 0 Å². The third-order valence-electron chi connectivity index (χ3n) is 3.50. The van der Waals surface area contributed by atoms with E-state index in [2.05, 4.69) is 16.5 Å². The highest BCUT2D eigenvalue weighted by Crippen LogP contribution is 2.23. The van der Waals surface area contributed by atoms with Crippen molar-refractivity contribution in [3.63, 3.8) is 0 Å². The standard InChI is InChI=1S/C18H19F3N2O2S/c1-4-7-16(25-11-18(19,20)21)13(3)12(2)10-26(24)17-22-14-8-5-6-9-15(14)23-17/h4-9H,2,10-11H2,1,3H3,(H,22,23)/b7-4-,16-13+/t26-/m0/s1. The molecule has 0 saturated heterocycles. The summed E-state index contributed by atoms with van der Waals surface area (Å²) in [5.41, 5.74) is 2.28. The minimum atomic E-state index is -4.44. The van der Waals surface area contributed by atoms with E-state index in [1.807, 2.05) is 18.2 Å². The summed E-state index contributed by atoms with van der Waals surface area (Å²) < 4.78 is 54.6. The lowest BCUT2D eigenvalue weighted by Gasteiger charge is -2.15. The highest BCUT2D eigenvalue weighted by Gasteiger charge is 2.29. The number of rotatable bonds is 7. The maximum absolute atomic E-state index is 12.5. The van der Waals surface area contributed by atoms with Crippen molar-refractivity contribution in [3.8, 4) is 0 Å². The molecule has 26 heavy (non-hydrogen) atoms. The zero-order valence-corrected chi connectivity index (χ0v) is 15.2. The summed E-state index contributed by atoms with van der Waals surface area (Å²) in [5, 5.41) is 0.295. The molecule has 0 saturated carbocycles. The van der Waals surface area contributed by atoms with Crippen molar-refractivity contribution in [2.24, 2.45) is 0 Å². The number of imidazole rings is 1. The molecule has 0 radical (unpaired) electrons. The van der Waals surface area contributed by atoms with Crippen LogP contribution in [0.2, 0.25) is 0 Å². The first-order chi connectivity index (χ1) is 12.2. The van der Waals surface area contributed by atoms with Gasteiger partial charge in [-0.05, 0) is 37.6 Å². The molecule has 0 amide bonds. The monoisotopic (exact) mass is 384 g/mol. The van der Waals surface area contributed by atoms with Gasteiger partial charge in [-0.3, -0.25) is 4.98 Å². The Balaban J connectivity index is 2.14. The number of ether oxygens (including phenoxy) is 1. The highest BCUT2D eigenvalue weighted by atomic mass is 32.2. The number of hydrogen-bond acceptors (Lipinski definition) is 3. The number of nitrogens with zero attached hydrogens (tertiary/aromatic N) is 1. The molecule has 2 rings (SSSR count). The Morgan fingerprint density at radius 1 is 1.38 bits per heavy atom. The predicted octanol–water partition coefficient (Wildman–Crippen LogP) is 4.66. The van der Waals surface area contributed by atoms with E-state index in [0.717, 1.165) is 5.52 Å². The fourth-order valence-corrected chi connectivity index (χ4v) is 3.23. The predicted molar refractivity (Wildman–Crippen MR) is 96.0 cm³/mol. The molecule has 1 atom stereocenters. The lowest BCUT2D eigenvalue weighted by Crippen LogP contribution is -2.17. The van der Waals surface area contributed by atoms with Crippen LogP contribution in [0.1, 0.15) is 13.8 Å².